The molecule has 29 heavy (non-hydrogen) atoms. The van der Waals surface area contributed by atoms with Gasteiger partial charge in [-0.25, -0.2) is 4.79 Å². The fourth-order valence-electron chi connectivity index (χ4n) is 2.72. The molecular formula is C20H29N3O6. The minimum atomic E-state index is -1.19. The van der Waals surface area contributed by atoms with Gasteiger partial charge >= 0.3 is 6.09 Å². The third-order valence-electron chi connectivity index (χ3n) is 4.33. The van der Waals surface area contributed by atoms with E-state index < -0.39 is 28.9 Å². The fourth-order valence-corrected chi connectivity index (χ4v) is 2.72. The van der Waals surface area contributed by atoms with Crippen molar-refractivity contribution in [3.63, 3.8) is 0 Å². The van der Waals surface area contributed by atoms with E-state index in [1.807, 2.05) is 37.3 Å². The summed E-state index contributed by atoms with van der Waals surface area (Å²) in [5, 5.41) is 16.1. The molecule has 9 nitrogen and oxygen atoms in total. The van der Waals surface area contributed by atoms with Gasteiger partial charge < -0.3 is 15.4 Å². The molecule has 0 heterocycles. The number of carbonyl (C=O) groups is 3. The summed E-state index contributed by atoms with van der Waals surface area (Å²) in [5.41, 5.74) is 0.845. The SMILES string of the molecule is CCC[C@H](NC(=O)OCc1ccccc1)C(=O)NCCCCC(C(C)=O)[N+](=O)[O-]. The molecule has 0 fully saturated rings. The first-order chi connectivity index (χ1) is 13.8. The molecule has 0 aliphatic carbocycles. The number of amides is 2. The summed E-state index contributed by atoms with van der Waals surface area (Å²) in [6.45, 7) is 3.52. The van der Waals surface area contributed by atoms with Crippen molar-refractivity contribution in [3.05, 3.63) is 46.0 Å². The molecule has 1 unspecified atom stereocenters. The molecule has 0 aromatic heterocycles. The van der Waals surface area contributed by atoms with Crippen LogP contribution in [0.25, 0.3) is 0 Å². The van der Waals surface area contributed by atoms with E-state index in [9.17, 15) is 24.5 Å². The van der Waals surface area contributed by atoms with Crippen LogP contribution in [0, 0.1) is 10.1 Å². The van der Waals surface area contributed by atoms with Gasteiger partial charge in [0.15, 0.2) is 0 Å². The summed E-state index contributed by atoms with van der Waals surface area (Å²) >= 11 is 0. The second-order valence-electron chi connectivity index (χ2n) is 6.75. The third kappa shape index (κ3) is 9.68. The van der Waals surface area contributed by atoms with Crippen molar-refractivity contribution in [1.82, 2.24) is 10.6 Å². The predicted molar refractivity (Wildman–Crippen MR) is 107 cm³/mol. The number of hydrogen-bond acceptors (Lipinski definition) is 6. The highest BCUT2D eigenvalue weighted by Gasteiger charge is 2.25. The molecule has 2 N–H and O–H groups in total. The maximum absolute atomic E-state index is 12.3. The van der Waals surface area contributed by atoms with Gasteiger partial charge in [0.2, 0.25) is 11.7 Å². The fraction of sp³-hybridized carbons (Fsp3) is 0.550. The summed E-state index contributed by atoms with van der Waals surface area (Å²) < 4.78 is 5.14. The van der Waals surface area contributed by atoms with E-state index in [1.165, 1.54) is 6.92 Å². The number of hydrogen-bond donors (Lipinski definition) is 2. The van der Waals surface area contributed by atoms with Crippen molar-refractivity contribution in [1.29, 1.82) is 0 Å². The lowest BCUT2D eigenvalue weighted by molar-refractivity contribution is -0.508. The van der Waals surface area contributed by atoms with E-state index in [0.29, 0.717) is 32.2 Å². The van der Waals surface area contributed by atoms with E-state index >= 15 is 0 Å². The molecule has 9 heteroatoms. The van der Waals surface area contributed by atoms with Crippen LogP contribution in [0.15, 0.2) is 30.3 Å². The predicted octanol–water partition coefficient (Wildman–Crippen LogP) is 2.60. The molecule has 2 atom stereocenters. The highest BCUT2D eigenvalue weighted by atomic mass is 16.6. The standard InChI is InChI=1S/C20H29N3O6/c1-3-9-17(22-20(26)29-14-16-10-5-4-6-11-16)19(25)21-13-8-7-12-18(15(2)24)23(27)28/h4-6,10-11,17-18H,3,7-9,12-14H2,1-2H3,(H,21,25)(H,22,26)/t17-,18?/m0/s1. The summed E-state index contributed by atoms with van der Waals surface area (Å²) in [6.07, 6.45) is 1.57. The first kappa shape index (κ1) is 24.1. The van der Waals surface area contributed by atoms with Gasteiger partial charge in [-0.15, -0.1) is 0 Å². The van der Waals surface area contributed by atoms with E-state index in [1.54, 1.807) is 0 Å². The number of unbranched alkanes of at least 4 members (excludes halogenated alkanes) is 1. The van der Waals surface area contributed by atoms with E-state index in [2.05, 4.69) is 10.6 Å². The quantitative estimate of drug-likeness (QED) is 0.294. The second kappa shape index (κ2) is 13.2. The Labute approximate surface area is 170 Å². The van der Waals surface area contributed by atoms with Crippen LogP contribution in [-0.2, 0) is 20.9 Å². The topological polar surface area (TPSA) is 128 Å². The second-order valence-corrected chi connectivity index (χ2v) is 6.75. The number of nitrogens with zero attached hydrogens (tertiary/aromatic N) is 1. The molecular weight excluding hydrogens is 378 g/mol. The number of nitrogens with one attached hydrogen (secondary N) is 2. The molecule has 0 aliphatic rings. The van der Waals surface area contributed by atoms with E-state index in [-0.39, 0.29) is 18.9 Å². The number of carbonyl (C=O) groups excluding carboxylic acids is 3. The Kier molecular flexibility index (Phi) is 11.0. The molecule has 0 radical (unpaired) electrons. The molecule has 0 bridgehead atoms. The van der Waals surface area contributed by atoms with Gasteiger partial charge in [0.25, 0.3) is 6.04 Å². The average Bonchev–Trinajstić information content (AvgIpc) is 2.68. The maximum atomic E-state index is 12.3. The van der Waals surface area contributed by atoms with Crippen molar-refractivity contribution in [2.75, 3.05) is 6.54 Å². The smallest absolute Gasteiger partial charge is 0.408 e. The van der Waals surface area contributed by atoms with Gasteiger partial charge in [-0.05, 0) is 24.8 Å². The Balaban J connectivity index is 2.36. The zero-order valence-electron chi connectivity index (χ0n) is 16.9. The van der Waals surface area contributed by atoms with Crippen molar-refractivity contribution in [2.45, 2.75) is 64.6 Å². The summed E-state index contributed by atoms with van der Waals surface area (Å²) in [7, 11) is 0. The maximum Gasteiger partial charge on any atom is 0.408 e. The Morgan fingerprint density at radius 2 is 1.83 bits per heavy atom. The van der Waals surface area contributed by atoms with Gasteiger partial charge in [0, 0.05) is 24.8 Å². The average molecular weight is 407 g/mol. The number of ether oxygens (including phenoxy) is 1. The molecule has 160 valence electrons. The van der Waals surface area contributed by atoms with Crippen LogP contribution < -0.4 is 10.6 Å². The van der Waals surface area contributed by atoms with Crippen LogP contribution >= 0.6 is 0 Å². The first-order valence-electron chi connectivity index (χ1n) is 9.74. The van der Waals surface area contributed by atoms with Gasteiger partial charge in [-0.1, -0.05) is 43.7 Å². The molecule has 2 amide bonds. The van der Waals surface area contributed by atoms with Crippen LogP contribution in [0.4, 0.5) is 4.79 Å². The lowest BCUT2D eigenvalue weighted by atomic mass is 10.1. The van der Waals surface area contributed by atoms with Crippen molar-refractivity contribution in [2.24, 2.45) is 0 Å². The van der Waals surface area contributed by atoms with Crippen molar-refractivity contribution >= 4 is 17.8 Å². The number of alkyl carbamates (subject to hydrolysis) is 1. The van der Waals surface area contributed by atoms with Crippen LogP contribution in [0.5, 0.6) is 0 Å². The zero-order chi connectivity index (χ0) is 21.6. The lowest BCUT2D eigenvalue weighted by Crippen LogP contribution is -2.47. The molecule has 1 aromatic rings. The minimum absolute atomic E-state index is 0.112. The van der Waals surface area contributed by atoms with Crippen LogP contribution in [0.2, 0.25) is 0 Å². The Morgan fingerprint density at radius 1 is 1.14 bits per heavy atom. The van der Waals surface area contributed by atoms with Gasteiger partial charge in [-0.3, -0.25) is 19.7 Å². The van der Waals surface area contributed by atoms with E-state index in [4.69, 9.17) is 4.74 Å². The van der Waals surface area contributed by atoms with Crippen molar-refractivity contribution in [3.8, 4) is 0 Å². The highest BCUT2D eigenvalue weighted by molar-refractivity contribution is 5.85. The van der Waals surface area contributed by atoms with Gasteiger partial charge in [-0.2, -0.15) is 0 Å². The zero-order valence-corrected chi connectivity index (χ0v) is 16.9. The third-order valence-corrected chi connectivity index (χ3v) is 4.33. The highest BCUT2D eigenvalue weighted by Crippen LogP contribution is 2.06. The Hall–Kier alpha value is -2.97. The molecule has 1 aromatic carbocycles. The Morgan fingerprint density at radius 3 is 2.41 bits per heavy atom. The number of Topliss-reactive ketones (excluding diaryl/α,β-unsaturated/α-hetero) is 1. The summed E-state index contributed by atoms with van der Waals surface area (Å²) in [5.74, 6) is -0.804. The van der Waals surface area contributed by atoms with Crippen LogP contribution in [0.3, 0.4) is 0 Å². The number of rotatable bonds is 13. The van der Waals surface area contributed by atoms with Crippen molar-refractivity contribution < 1.29 is 24.0 Å². The molecule has 0 spiro atoms. The molecule has 1 rings (SSSR count). The summed E-state index contributed by atoms with van der Waals surface area (Å²) in [4.78, 5) is 45.7. The molecule has 0 saturated carbocycles. The number of nitro groups is 1. The Bertz CT molecular complexity index is 666. The minimum Gasteiger partial charge on any atom is -0.445 e. The molecule has 0 aliphatic heterocycles. The molecule has 0 saturated heterocycles. The monoisotopic (exact) mass is 407 g/mol. The normalized spacial score (nSPS) is 12.5. The van der Waals surface area contributed by atoms with Gasteiger partial charge in [0.1, 0.15) is 12.6 Å². The largest absolute Gasteiger partial charge is 0.445 e. The van der Waals surface area contributed by atoms with Crippen LogP contribution in [-0.4, -0.2) is 41.3 Å². The number of benzene rings is 1. The first-order valence-corrected chi connectivity index (χ1v) is 9.74. The van der Waals surface area contributed by atoms with Gasteiger partial charge in [0.05, 0.1) is 0 Å². The van der Waals surface area contributed by atoms with Crippen LogP contribution in [0.1, 0.15) is 51.5 Å². The lowest BCUT2D eigenvalue weighted by Gasteiger charge is -2.18. The summed E-state index contributed by atoms with van der Waals surface area (Å²) in [6, 6.07) is 7.30. The van der Waals surface area contributed by atoms with E-state index in [0.717, 1.165) is 5.56 Å². The number of ketones is 1.